The molecule has 0 saturated carbocycles. The fourth-order valence-corrected chi connectivity index (χ4v) is 3.66. The normalized spacial score (nSPS) is 13.1. The summed E-state index contributed by atoms with van der Waals surface area (Å²) in [6, 6.07) is 0. The van der Waals surface area contributed by atoms with Crippen LogP contribution < -0.4 is 5.73 Å². The van der Waals surface area contributed by atoms with Crippen molar-refractivity contribution in [1.82, 2.24) is 0 Å². The number of hydrogen-bond donors (Lipinski definition) is 1. The van der Waals surface area contributed by atoms with Crippen molar-refractivity contribution in [1.29, 1.82) is 0 Å². The molecule has 0 aliphatic rings. The van der Waals surface area contributed by atoms with Gasteiger partial charge in [0.1, 0.15) is 10.6 Å². The summed E-state index contributed by atoms with van der Waals surface area (Å²) >= 11 is 1.46. The van der Waals surface area contributed by atoms with E-state index in [1.165, 1.54) is 43.4 Å². The van der Waals surface area contributed by atoms with E-state index in [-0.39, 0.29) is 5.97 Å². The summed E-state index contributed by atoms with van der Waals surface area (Å²) in [4.78, 5) is 12.6. The molecule has 0 aromatic carbocycles. The minimum absolute atomic E-state index is 0.275. The van der Waals surface area contributed by atoms with Crippen molar-refractivity contribution >= 4 is 22.3 Å². The highest BCUT2D eigenvalue weighted by molar-refractivity contribution is 7.14. The molecule has 1 aromatic heterocycles. The third-order valence-corrected chi connectivity index (χ3v) is 4.78. The van der Waals surface area contributed by atoms with E-state index < -0.39 is 5.60 Å². The highest BCUT2D eigenvalue weighted by Gasteiger charge is 2.27. The van der Waals surface area contributed by atoms with Crippen LogP contribution in [0.25, 0.3) is 0 Å². The van der Waals surface area contributed by atoms with Crippen LogP contribution in [0.4, 0.5) is 5.00 Å². The predicted molar refractivity (Wildman–Crippen MR) is 100 cm³/mol. The van der Waals surface area contributed by atoms with Crippen LogP contribution in [0.15, 0.2) is 5.38 Å². The second-order valence-electron chi connectivity index (χ2n) is 7.27. The quantitative estimate of drug-likeness (QED) is 0.434. The number of carbonyl (C=O) groups is 1. The minimum Gasteiger partial charge on any atom is -0.456 e. The zero-order chi connectivity index (χ0) is 17.5. The number of unbranched alkanes of at least 4 members (excludes halogenated alkanes) is 3. The predicted octanol–water partition coefficient (Wildman–Crippen LogP) is 6.14. The maximum Gasteiger partial charge on any atom is 0.341 e. The van der Waals surface area contributed by atoms with Gasteiger partial charge < -0.3 is 10.5 Å². The van der Waals surface area contributed by atoms with Crippen LogP contribution in [0.5, 0.6) is 0 Å². The molecule has 0 fully saturated rings. The van der Waals surface area contributed by atoms with Crippen LogP contribution in [-0.2, 0) is 4.74 Å². The van der Waals surface area contributed by atoms with Crippen LogP contribution >= 0.6 is 11.3 Å². The number of esters is 1. The number of anilines is 1. The molecule has 0 aliphatic carbocycles. The van der Waals surface area contributed by atoms with Gasteiger partial charge in [-0.3, -0.25) is 0 Å². The van der Waals surface area contributed by atoms with Gasteiger partial charge in [-0.15, -0.1) is 11.3 Å². The van der Waals surface area contributed by atoms with Gasteiger partial charge in [0.25, 0.3) is 0 Å². The third-order valence-electron chi connectivity index (χ3n) is 3.95. The Hall–Kier alpha value is -1.03. The SMILES string of the molecule is CCCCCC(CCCC)c1csc(N)c1C(=O)OC(C)(C)C. The molecule has 1 aromatic rings. The van der Waals surface area contributed by atoms with Crippen LogP contribution in [0.3, 0.4) is 0 Å². The van der Waals surface area contributed by atoms with Gasteiger partial charge in [0.05, 0.1) is 5.56 Å². The van der Waals surface area contributed by atoms with Gasteiger partial charge in [-0.05, 0) is 50.5 Å². The molecule has 1 unspecified atom stereocenters. The Morgan fingerprint density at radius 3 is 2.35 bits per heavy atom. The van der Waals surface area contributed by atoms with Crippen molar-refractivity contribution in [2.45, 2.75) is 91.1 Å². The molecule has 2 N–H and O–H groups in total. The second-order valence-corrected chi connectivity index (χ2v) is 8.18. The number of hydrogen-bond acceptors (Lipinski definition) is 4. The van der Waals surface area contributed by atoms with E-state index in [4.69, 9.17) is 10.5 Å². The second kappa shape index (κ2) is 9.31. The van der Waals surface area contributed by atoms with Gasteiger partial charge in [-0.25, -0.2) is 4.79 Å². The molecule has 0 saturated heterocycles. The van der Waals surface area contributed by atoms with Crippen molar-refractivity contribution in [2.24, 2.45) is 0 Å². The number of thiophene rings is 1. The standard InChI is InChI=1S/C19H33NO2S/c1-6-8-10-12-14(11-9-7-2)15-13-23-17(20)16(15)18(21)22-19(3,4)5/h13-14H,6-12,20H2,1-5H3. The summed E-state index contributed by atoms with van der Waals surface area (Å²) in [6.07, 6.45) is 8.25. The number of carbonyl (C=O) groups excluding carboxylic acids is 1. The monoisotopic (exact) mass is 339 g/mol. The van der Waals surface area contributed by atoms with Crippen molar-refractivity contribution < 1.29 is 9.53 Å². The molecule has 23 heavy (non-hydrogen) atoms. The average Bonchev–Trinajstić information content (AvgIpc) is 2.82. The van der Waals surface area contributed by atoms with E-state index in [0.29, 0.717) is 16.5 Å². The van der Waals surface area contributed by atoms with Crippen LogP contribution in [0.2, 0.25) is 0 Å². The summed E-state index contributed by atoms with van der Waals surface area (Å²) in [6.45, 7) is 10.1. The van der Waals surface area contributed by atoms with E-state index >= 15 is 0 Å². The first-order valence-corrected chi connectivity index (χ1v) is 9.78. The van der Waals surface area contributed by atoms with E-state index in [1.807, 2.05) is 20.8 Å². The number of ether oxygens (including phenoxy) is 1. The highest BCUT2D eigenvalue weighted by atomic mass is 32.1. The van der Waals surface area contributed by atoms with Crippen molar-refractivity contribution in [3.63, 3.8) is 0 Å². The van der Waals surface area contributed by atoms with Crippen molar-refractivity contribution in [3.8, 4) is 0 Å². The Morgan fingerprint density at radius 2 is 1.78 bits per heavy atom. The van der Waals surface area contributed by atoms with Gasteiger partial charge in [0, 0.05) is 0 Å². The smallest absolute Gasteiger partial charge is 0.341 e. The molecule has 0 bridgehead atoms. The lowest BCUT2D eigenvalue weighted by molar-refractivity contribution is 0.00695. The van der Waals surface area contributed by atoms with E-state index in [0.717, 1.165) is 18.4 Å². The van der Waals surface area contributed by atoms with Gasteiger partial charge in [0.2, 0.25) is 0 Å². The zero-order valence-electron chi connectivity index (χ0n) is 15.4. The van der Waals surface area contributed by atoms with Crippen molar-refractivity contribution in [3.05, 3.63) is 16.5 Å². The average molecular weight is 340 g/mol. The first kappa shape index (κ1) is 20.0. The molecule has 0 spiro atoms. The zero-order valence-corrected chi connectivity index (χ0v) is 16.2. The lowest BCUT2D eigenvalue weighted by atomic mass is 9.88. The minimum atomic E-state index is -0.496. The molecule has 1 atom stereocenters. The van der Waals surface area contributed by atoms with Crippen LogP contribution in [0, 0.1) is 0 Å². The highest BCUT2D eigenvalue weighted by Crippen LogP contribution is 2.37. The van der Waals surface area contributed by atoms with Gasteiger partial charge in [-0.1, -0.05) is 46.0 Å². The van der Waals surface area contributed by atoms with E-state index in [9.17, 15) is 4.79 Å². The summed E-state index contributed by atoms with van der Waals surface area (Å²) in [5.74, 6) is 0.140. The van der Waals surface area contributed by atoms with Crippen molar-refractivity contribution in [2.75, 3.05) is 5.73 Å². The molecule has 4 heteroatoms. The molecule has 132 valence electrons. The van der Waals surface area contributed by atoms with Gasteiger partial charge >= 0.3 is 5.97 Å². The number of rotatable bonds is 9. The number of nitrogens with two attached hydrogens (primary N) is 1. The van der Waals surface area contributed by atoms with E-state index in [1.54, 1.807) is 0 Å². The topological polar surface area (TPSA) is 52.3 Å². The molecular formula is C19H33NO2S. The maximum absolute atomic E-state index is 12.6. The first-order chi connectivity index (χ1) is 10.8. The molecule has 0 radical (unpaired) electrons. The Morgan fingerprint density at radius 1 is 1.17 bits per heavy atom. The summed E-state index contributed by atoms with van der Waals surface area (Å²) in [7, 11) is 0. The lowest BCUT2D eigenvalue weighted by Crippen LogP contribution is -2.25. The maximum atomic E-state index is 12.6. The summed E-state index contributed by atoms with van der Waals surface area (Å²) in [5.41, 5.74) is 7.32. The molecule has 0 amide bonds. The lowest BCUT2D eigenvalue weighted by Gasteiger charge is -2.22. The molecule has 1 heterocycles. The van der Waals surface area contributed by atoms with Crippen LogP contribution in [0.1, 0.15) is 101 Å². The number of nitrogen functional groups attached to an aromatic ring is 1. The Balaban J connectivity index is 2.99. The molecule has 1 rings (SSSR count). The summed E-state index contributed by atoms with van der Waals surface area (Å²) in [5, 5.41) is 2.66. The van der Waals surface area contributed by atoms with Gasteiger partial charge in [0.15, 0.2) is 0 Å². The molecule has 3 nitrogen and oxygen atoms in total. The molecular weight excluding hydrogens is 306 g/mol. The Kier molecular flexibility index (Phi) is 8.10. The van der Waals surface area contributed by atoms with Crippen LogP contribution in [-0.4, -0.2) is 11.6 Å². The third kappa shape index (κ3) is 6.54. The largest absolute Gasteiger partial charge is 0.456 e. The Bertz CT molecular complexity index is 488. The first-order valence-electron chi connectivity index (χ1n) is 8.90. The molecule has 0 aliphatic heterocycles. The Labute approximate surface area is 145 Å². The fraction of sp³-hybridized carbons (Fsp3) is 0.737. The fourth-order valence-electron chi connectivity index (χ4n) is 2.78. The van der Waals surface area contributed by atoms with E-state index in [2.05, 4.69) is 19.2 Å². The summed E-state index contributed by atoms with van der Waals surface area (Å²) < 4.78 is 5.57. The van der Waals surface area contributed by atoms with Gasteiger partial charge in [-0.2, -0.15) is 0 Å².